The van der Waals surface area contributed by atoms with E-state index in [0.29, 0.717) is 24.4 Å². The van der Waals surface area contributed by atoms with E-state index in [1.165, 1.54) is 0 Å². The van der Waals surface area contributed by atoms with Crippen LogP contribution in [0.15, 0.2) is 24.3 Å². The maximum absolute atomic E-state index is 12.3. The maximum atomic E-state index is 12.3. The summed E-state index contributed by atoms with van der Waals surface area (Å²) < 4.78 is 5.60. The van der Waals surface area contributed by atoms with Gasteiger partial charge in [-0.25, -0.2) is 0 Å². The van der Waals surface area contributed by atoms with Gasteiger partial charge in [-0.1, -0.05) is 0 Å². The maximum Gasteiger partial charge on any atom is 0.253 e. The van der Waals surface area contributed by atoms with E-state index in [1.54, 1.807) is 24.3 Å². The molecular formula is C14H20N2O2. The van der Waals surface area contributed by atoms with Crippen LogP contribution in [0, 0.1) is 0 Å². The van der Waals surface area contributed by atoms with Crippen LogP contribution < -0.4 is 5.73 Å². The number of hydrogen-bond donors (Lipinski definition) is 1. The fourth-order valence-corrected chi connectivity index (χ4v) is 2.30. The van der Waals surface area contributed by atoms with E-state index >= 15 is 0 Å². The van der Waals surface area contributed by atoms with Crippen LogP contribution in [0.3, 0.4) is 0 Å². The average Bonchev–Trinajstić information content (AvgIpc) is 2.39. The number of likely N-dealkylation sites (tertiary alicyclic amines) is 1. The SMILES string of the molecule is CCOC1CCCN(C(=O)c2ccc(N)cc2)C1. The third kappa shape index (κ3) is 3.01. The largest absolute Gasteiger partial charge is 0.399 e. The molecule has 2 rings (SSSR count). The van der Waals surface area contributed by atoms with Gasteiger partial charge >= 0.3 is 0 Å². The zero-order valence-corrected chi connectivity index (χ0v) is 10.8. The molecule has 0 bridgehead atoms. The van der Waals surface area contributed by atoms with Crippen LogP contribution in [0.2, 0.25) is 0 Å². The standard InChI is InChI=1S/C14H20N2O2/c1-2-18-13-4-3-9-16(10-13)14(17)11-5-7-12(15)8-6-11/h5-8,13H,2-4,9-10,15H2,1H3. The molecule has 0 saturated carbocycles. The lowest BCUT2D eigenvalue weighted by Gasteiger charge is -2.32. The Balaban J connectivity index is 2.02. The molecule has 1 aliphatic rings. The Morgan fingerprint density at radius 2 is 2.17 bits per heavy atom. The van der Waals surface area contributed by atoms with Crippen molar-refractivity contribution in [2.45, 2.75) is 25.9 Å². The minimum Gasteiger partial charge on any atom is -0.399 e. The molecule has 1 atom stereocenters. The number of nitrogen functional groups attached to an aromatic ring is 1. The molecule has 1 aromatic rings. The molecular weight excluding hydrogens is 228 g/mol. The fraction of sp³-hybridized carbons (Fsp3) is 0.500. The predicted octanol–water partition coefficient (Wildman–Crippen LogP) is 1.91. The Morgan fingerprint density at radius 1 is 1.44 bits per heavy atom. The number of rotatable bonds is 3. The zero-order valence-electron chi connectivity index (χ0n) is 10.8. The summed E-state index contributed by atoms with van der Waals surface area (Å²) in [7, 11) is 0. The van der Waals surface area contributed by atoms with Crippen molar-refractivity contribution in [3.63, 3.8) is 0 Å². The Bertz CT molecular complexity index is 401. The van der Waals surface area contributed by atoms with Crippen molar-refractivity contribution in [2.24, 2.45) is 0 Å². The third-order valence-electron chi connectivity index (χ3n) is 3.23. The lowest BCUT2D eigenvalue weighted by atomic mass is 10.1. The van der Waals surface area contributed by atoms with Gasteiger partial charge in [-0.15, -0.1) is 0 Å². The number of anilines is 1. The van der Waals surface area contributed by atoms with Crippen molar-refractivity contribution in [1.82, 2.24) is 4.90 Å². The van der Waals surface area contributed by atoms with Gasteiger partial charge in [-0.3, -0.25) is 4.79 Å². The monoisotopic (exact) mass is 248 g/mol. The molecule has 4 heteroatoms. The molecule has 2 N–H and O–H groups in total. The molecule has 0 aliphatic carbocycles. The highest BCUT2D eigenvalue weighted by Gasteiger charge is 2.24. The first-order chi connectivity index (χ1) is 8.70. The number of ether oxygens (including phenoxy) is 1. The van der Waals surface area contributed by atoms with Gasteiger partial charge < -0.3 is 15.4 Å². The highest BCUT2D eigenvalue weighted by atomic mass is 16.5. The lowest BCUT2D eigenvalue weighted by molar-refractivity contribution is 0.00724. The molecule has 1 amide bonds. The molecule has 1 unspecified atom stereocenters. The summed E-state index contributed by atoms with van der Waals surface area (Å²) in [6.45, 7) is 4.19. The first kappa shape index (κ1) is 12.9. The smallest absolute Gasteiger partial charge is 0.253 e. The molecule has 0 radical (unpaired) electrons. The van der Waals surface area contributed by atoms with E-state index in [2.05, 4.69) is 0 Å². The van der Waals surface area contributed by atoms with Crippen LogP contribution in [-0.4, -0.2) is 36.6 Å². The highest BCUT2D eigenvalue weighted by Crippen LogP contribution is 2.16. The van der Waals surface area contributed by atoms with Gasteiger partial charge in [0.05, 0.1) is 6.10 Å². The average molecular weight is 248 g/mol. The van der Waals surface area contributed by atoms with Crippen molar-refractivity contribution < 1.29 is 9.53 Å². The van der Waals surface area contributed by atoms with Gasteiger partial charge in [0.15, 0.2) is 0 Å². The summed E-state index contributed by atoms with van der Waals surface area (Å²) in [4.78, 5) is 14.2. The summed E-state index contributed by atoms with van der Waals surface area (Å²) in [5.41, 5.74) is 7.00. The summed E-state index contributed by atoms with van der Waals surface area (Å²) in [5.74, 6) is 0.0689. The number of carbonyl (C=O) groups is 1. The number of nitrogens with two attached hydrogens (primary N) is 1. The van der Waals surface area contributed by atoms with Crippen molar-refractivity contribution in [3.8, 4) is 0 Å². The van der Waals surface area contributed by atoms with Gasteiger partial charge in [-0.05, 0) is 44.0 Å². The van der Waals surface area contributed by atoms with E-state index in [4.69, 9.17) is 10.5 Å². The minimum absolute atomic E-state index is 0.0689. The van der Waals surface area contributed by atoms with Crippen molar-refractivity contribution in [3.05, 3.63) is 29.8 Å². The van der Waals surface area contributed by atoms with E-state index in [-0.39, 0.29) is 12.0 Å². The van der Waals surface area contributed by atoms with Gasteiger partial charge in [0.2, 0.25) is 0 Å². The number of nitrogens with zero attached hydrogens (tertiary/aromatic N) is 1. The minimum atomic E-state index is 0.0689. The van der Waals surface area contributed by atoms with E-state index in [0.717, 1.165) is 19.4 Å². The summed E-state index contributed by atoms with van der Waals surface area (Å²) in [6.07, 6.45) is 2.23. The van der Waals surface area contributed by atoms with Crippen molar-refractivity contribution in [1.29, 1.82) is 0 Å². The Kier molecular flexibility index (Phi) is 4.20. The van der Waals surface area contributed by atoms with Crippen molar-refractivity contribution in [2.75, 3.05) is 25.4 Å². The summed E-state index contributed by atoms with van der Waals surface area (Å²) >= 11 is 0. The second-order valence-electron chi connectivity index (χ2n) is 4.59. The summed E-state index contributed by atoms with van der Waals surface area (Å²) in [6, 6.07) is 7.08. The Labute approximate surface area is 108 Å². The van der Waals surface area contributed by atoms with Crippen LogP contribution in [0.5, 0.6) is 0 Å². The van der Waals surface area contributed by atoms with Crippen LogP contribution in [0.1, 0.15) is 30.1 Å². The number of hydrogen-bond acceptors (Lipinski definition) is 3. The van der Waals surface area contributed by atoms with Gasteiger partial charge in [0.1, 0.15) is 0 Å². The van der Waals surface area contributed by atoms with E-state index in [9.17, 15) is 4.79 Å². The van der Waals surface area contributed by atoms with Gasteiger partial charge in [-0.2, -0.15) is 0 Å². The molecule has 1 saturated heterocycles. The first-order valence-electron chi connectivity index (χ1n) is 6.47. The number of piperidine rings is 1. The van der Waals surface area contributed by atoms with Gasteiger partial charge in [0.25, 0.3) is 5.91 Å². The zero-order chi connectivity index (χ0) is 13.0. The first-order valence-corrected chi connectivity index (χ1v) is 6.47. The highest BCUT2D eigenvalue weighted by molar-refractivity contribution is 5.94. The Hall–Kier alpha value is -1.55. The number of amides is 1. The lowest BCUT2D eigenvalue weighted by Crippen LogP contribution is -2.43. The molecule has 1 fully saturated rings. The van der Waals surface area contributed by atoms with Crippen LogP contribution in [0.4, 0.5) is 5.69 Å². The quantitative estimate of drug-likeness (QED) is 0.831. The number of benzene rings is 1. The second kappa shape index (κ2) is 5.87. The molecule has 0 aromatic heterocycles. The Morgan fingerprint density at radius 3 is 2.83 bits per heavy atom. The van der Waals surface area contributed by atoms with E-state index < -0.39 is 0 Å². The molecule has 98 valence electrons. The predicted molar refractivity (Wildman–Crippen MR) is 71.4 cm³/mol. The fourth-order valence-electron chi connectivity index (χ4n) is 2.30. The molecule has 4 nitrogen and oxygen atoms in total. The molecule has 1 aromatic carbocycles. The van der Waals surface area contributed by atoms with Gasteiger partial charge in [0, 0.05) is 30.9 Å². The third-order valence-corrected chi connectivity index (χ3v) is 3.23. The number of carbonyl (C=O) groups excluding carboxylic acids is 1. The molecule has 1 heterocycles. The van der Waals surface area contributed by atoms with E-state index in [1.807, 2.05) is 11.8 Å². The van der Waals surface area contributed by atoms with Crippen LogP contribution in [-0.2, 0) is 4.74 Å². The topological polar surface area (TPSA) is 55.6 Å². The molecule has 0 spiro atoms. The molecule has 18 heavy (non-hydrogen) atoms. The van der Waals surface area contributed by atoms with Crippen molar-refractivity contribution >= 4 is 11.6 Å². The second-order valence-corrected chi connectivity index (χ2v) is 4.59. The van der Waals surface area contributed by atoms with Crippen LogP contribution in [0.25, 0.3) is 0 Å². The molecule has 1 aliphatic heterocycles. The summed E-state index contributed by atoms with van der Waals surface area (Å²) in [5, 5.41) is 0. The van der Waals surface area contributed by atoms with Crippen LogP contribution >= 0.6 is 0 Å². The normalized spacial score (nSPS) is 19.8.